The van der Waals surface area contributed by atoms with Crippen molar-refractivity contribution in [2.45, 2.75) is 84.1 Å². The fourth-order valence-corrected chi connectivity index (χ4v) is 3.20. The van der Waals surface area contributed by atoms with Crippen LogP contribution < -0.4 is 10.4 Å². The third kappa shape index (κ3) is 6.53. The number of hydrogen-bond acceptors (Lipinski definition) is 9. The summed E-state index contributed by atoms with van der Waals surface area (Å²) in [5.41, 5.74) is -0.331. The summed E-state index contributed by atoms with van der Waals surface area (Å²) in [4.78, 5) is 23.0. The van der Waals surface area contributed by atoms with Gasteiger partial charge in [0.25, 0.3) is 0 Å². The van der Waals surface area contributed by atoms with E-state index in [9.17, 15) is 24.9 Å². The van der Waals surface area contributed by atoms with Crippen molar-refractivity contribution < 1.29 is 38.7 Å². The van der Waals surface area contributed by atoms with Gasteiger partial charge in [0.2, 0.25) is 6.29 Å². The molecule has 1 fully saturated rings. The average molecular weight is 428 g/mol. The molecule has 0 aromatic carbocycles. The van der Waals surface area contributed by atoms with E-state index < -0.39 is 36.3 Å². The SMILES string of the molecule is CC(=O)OCC(C)CCCCc1cc(O[C@@H]2O[C@@H](C)[C@H](O)[C@@H](O)[C@H]2O)c(C)c(=O)o1. The molecule has 1 aromatic heterocycles. The Balaban J connectivity index is 1.95. The average Bonchev–Trinajstić information content (AvgIpc) is 2.69. The molecule has 0 radical (unpaired) electrons. The van der Waals surface area contributed by atoms with Crippen molar-refractivity contribution in [3.8, 4) is 5.75 Å². The van der Waals surface area contributed by atoms with Crippen LogP contribution in [0.5, 0.6) is 5.75 Å². The van der Waals surface area contributed by atoms with Gasteiger partial charge in [-0.25, -0.2) is 4.79 Å². The largest absolute Gasteiger partial charge is 0.466 e. The van der Waals surface area contributed by atoms with Crippen LogP contribution in [0.2, 0.25) is 0 Å². The second kappa shape index (κ2) is 10.9. The van der Waals surface area contributed by atoms with Crippen LogP contribution in [-0.2, 0) is 20.7 Å². The summed E-state index contributed by atoms with van der Waals surface area (Å²) < 4.78 is 21.4. The van der Waals surface area contributed by atoms with Crippen molar-refractivity contribution in [1.82, 2.24) is 0 Å². The quantitative estimate of drug-likeness (QED) is 0.390. The molecule has 0 aliphatic carbocycles. The van der Waals surface area contributed by atoms with Crippen LogP contribution in [0.15, 0.2) is 15.3 Å². The second-order valence-electron chi connectivity index (χ2n) is 7.94. The van der Waals surface area contributed by atoms with Crippen molar-refractivity contribution in [1.29, 1.82) is 0 Å². The molecule has 0 amide bonds. The van der Waals surface area contributed by atoms with Crippen molar-refractivity contribution in [3.63, 3.8) is 0 Å². The highest BCUT2D eigenvalue weighted by atomic mass is 16.7. The molecular weight excluding hydrogens is 396 g/mol. The molecule has 0 bridgehead atoms. The van der Waals surface area contributed by atoms with E-state index in [0.29, 0.717) is 18.8 Å². The first-order valence-electron chi connectivity index (χ1n) is 10.2. The molecule has 1 aromatic rings. The zero-order chi connectivity index (χ0) is 22.4. The van der Waals surface area contributed by atoms with Gasteiger partial charge < -0.3 is 33.9 Å². The van der Waals surface area contributed by atoms with E-state index in [1.165, 1.54) is 13.8 Å². The van der Waals surface area contributed by atoms with Crippen molar-refractivity contribution in [2.24, 2.45) is 5.92 Å². The van der Waals surface area contributed by atoms with Crippen LogP contribution in [-0.4, -0.2) is 58.6 Å². The Morgan fingerprint density at radius 1 is 1.20 bits per heavy atom. The number of esters is 1. The Hall–Kier alpha value is -1.94. The third-order valence-electron chi connectivity index (χ3n) is 5.18. The standard InChI is InChI=1S/C21H32O9/c1-11(10-27-14(4)22)7-5-6-8-15-9-16(12(2)20(26)29-15)30-21-19(25)18(24)17(23)13(3)28-21/h9,11,13,17-19,21,23-25H,5-8,10H2,1-4H3/t11?,13-,17-,18+,19+,21-/m0/s1. The summed E-state index contributed by atoms with van der Waals surface area (Å²) in [6, 6.07) is 1.58. The summed E-state index contributed by atoms with van der Waals surface area (Å²) in [5.74, 6) is 0.585. The van der Waals surface area contributed by atoms with Crippen LogP contribution >= 0.6 is 0 Å². The van der Waals surface area contributed by atoms with Gasteiger partial charge in [0.05, 0.1) is 18.3 Å². The predicted molar refractivity (Wildman–Crippen MR) is 106 cm³/mol. The lowest BCUT2D eigenvalue weighted by molar-refractivity contribution is -0.268. The minimum absolute atomic E-state index is 0.198. The number of aryl methyl sites for hydroxylation is 1. The first kappa shape index (κ1) is 24.3. The highest BCUT2D eigenvalue weighted by Gasteiger charge is 2.43. The summed E-state index contributed by atoms with van der Waals surface area (Å²) in [6.07, 6.45) is -3.09. The fraction of sp³-hybridized carbons (Fsp3) is 0.714. The van der Waals surface area contributed by atoms with E-state index >= 15 is 0 Å². The lowest BCUT2D eigenvalue weighted by Crippen LogP contribution is -2.58. The Labute approximate surface area is 175 Å². The number of aliphatic hydroxyl groups excluding tert-OH is 3. The van der Waals surface area contributed by atoms with E-state index in [1.54, 1.807) is 13.0 Å². The fourth-order valence-electron chi connectivity index (χ4n) is 3.20. The van der Waals surface area contributed by atoms with Crippen LogP contribution in [0.1, 0.15) is 51.4 Å². The van der Waals surface area contributed by atoms with Crippen LogP contribution in [0, 0.1) is 12.8 Å². The molecule has 1 unspecified atom stereocenters. The van der Waals surface area contributed by atoms with Crippen molar-refractivity contribution >= 4 is 5.97 Å². The van der Waals surface area contributed by atoms with E-state index in [-0.39, 0.29) is 23.2 Å². The smallest absolute Gasteiger partial charge is 0.342 e. The maximum absolute atomic E-state index is 12.2. The van der Waals surface area contributed by atoms with Crippen LogP contribution in [0.25, 0.3) is 0 Å². The van der Waals surface area contributed by atoms with Gasteiger partial charge in [-0.15, -0.1) is 0 Å². The molecule has 3 N–H and O–H groups in total. The number of unbranched alkanes of at least 4 members (excludes halogenated alkanes) is 1. The maximum Gasteiger partial charge on any atom is 0.342 e. The Bertz CT molecular complexity index is 759. The van der Waals surface area contributed by atoms with E-state index in [1.807, 2.05) is 6.92 Å². The number of ether oxygens (including phenoxy) is 3. The topological polar surface area (TPSA) is 136 Å². The first-order valence-corrected chi connectivity index (χ1v) is 10.2. The molecule has 170 valence electrons. The molecule has 2 rings (SSSR count). The van der Waals surface area contributed by atoms with Crippen molar-refractivity contribution in [3.05, 3.63) is 27.8 Å². The molecule has 0 saturated carbocycles. The van der Waals surface area contributed by atoms with Gasteiger partial charge in [0.15, 0.2) is 0 Å². The normalized spacial score (nSPS) is 27.5. The van der Waals surface area contributed by atoms with E-state index in [2.05, 4.69) is 0 Å². The molecule has 30 heavy (non-hydrogen) atoms. The zero-order valence-corrected chi connectivity index (χ0v) is 17.9. The lowest BCUT2D eigenvalue weighted by Gasteiger charge is -2.39. The Morgan fingerprint density at radius 2 is 1.90 bits per heavy atom. The molecule has 9 heteroatoms. The minimum Gasteiger partial charge on any atom is -0.466 e. The molecule has 1 aliphatic rings. The zero-order valence-electron chi connectivity index (χ0n) is 17.9. The van der Waals surface area contributed by atoms with Gasteiger partial charge in [-0.05, 0) is 32.6 Å². The highest BCUT2D eigenvalue weighted by molar-refractivity contribution is 5.65. The molecule has 9 nitrogen and oxygen atoms in total. The summed E-state index contributed by atoms with van der Waals surface area (Å²) in [6.45, 7) is 6.85. The van der Waals surface area contributed by atoms with Gasteiger partial charge in [-0.1, -0.05) is 13.3 Å². The molecule has 6 atom stereocenters. The number of carbonyl (C=O) groups is 1. The lowest BCUT2D eigenvalue weighted by atomic mass is 10.00. The van der Waals surface area contributed by atoms with Gasteiger partial charge in [0, 0.05) is 19.4 Å². The van der Waals surface area contributed by atoms with Gasteiger partial charge in [-0.3, -0.25) is 4.79 Å². The molecule has 2 heterocycles. The van der Waals surface area contributed by atoms with Crippen LogP contribution in [0.3, 0.4) is 0 Å². The Morgan fingerprint density at radius 3 is 2.57 bits per heavy atom. The van der Waals surface area contributed by atoms with E-state index in [0.717, 1.165) is 19.3 Å². The van der Waals surface area contributed by atoms with E-state index in [4.69, 9.17) is 18.6 Å². The van der Waals surface area contributed by atoms with Gasteiger partial charge >= 0.3 is 11.6 Å². The minimum atomic E-state index is -1.47. The molecule has 1 aliphatic heterocycles. The molecule has 1 saturated heterocycles. The molecule has 0 spiro atoms. The predicted octanol–water partition coefficient (Wildman–Crippen LogP) is 1.07. The third-order valence-corrected chi connectivity index (χ3v) is 5.18. The highest BCUT2D eigenvalue weighted by Crippen LogP contribution is 2.26. The monoisotopic (exact) mass is 428 g/mol. The Kier molecular flexibility index (Phi) is 8.84. The first-order chi connectivity index (χ1) is 14.1. The summed E-state index contributed by atoms with van der Waals surface area (Å²) >= 11 is 0. The number of hydrogen-bond donors (Lipinski definition) is 3. The molecular formula is C21H32O9. The number of aliphatic hydroxyl groups is 3. The maximum atomic E-state index is 12.2. The van der Waals surface area contributed by atoms with Gasteiger partial charge in [-0.2, -0.15) is 0 Å². The summed E-state index contributed by atoms with van der Waals surface area (Å²) in [7, 11) is 0. The number of carbonyl (C=O) groups excluding carboxylic acids is 1. The number of rotatable bonds is 9. The second-order valence-corrected chi connectivity index (χ2v) is 7.94. The van der Waals surface area contributed by atoms with Crippen LogP contribution in [0.4, 0.5) is 0 Å². The summed E-state index contributed by atoms with van der Waals surface area (Å²) in [5, 5.41) is 29.8. The van der Waals surface area contributed by atoms with Crippen molar-refractivity contribution in [2.75, 3.05) is 6.61 Å². The van der Waals surface area contributed by atoms with Gasteiger partial charge in [0.1, 0.15) is 29.8 Å².